The zero-order valence-corrected chi connectivity index (χ0v) is 23.6. The minimum Gasteiger partial charge on any atom is -0.335 e. The Bertz CT molecular complexity index is 1530. The maximum atomic E-state index is 5.35. The molecule has 3 aliphatic rings. The fourth-order valence-electron chi connectivity index (χ4n) is 5.75. The molecule has 0 fully saturated rings. The zero-order chi connectivity index (χ0) is 25.5. The summed E-state index contributed by atoms with van der Waals surface area (Å²) in [5.74, 6) is 0. The third-order valence-corrected chi connectivity index (χ3v) is 8.98. The van der Waals surface area contributed by atoms with Crippen LogP contribution in [0.1, 0.15) is 43.4 Å². The molecule has 37 heavy (non-hydrogen) atoms. The highest BCUT2D eigenvalue weighted by Crippen LogP contribution is 2.51. The van der Waals surface area contributed by atoms with E-state index in [0.717, 1.165) is 25.9 Å². The summed E-state index contributed by atoms with van der Waals surface area (Å²) in [6, 6.07) is 13.6. The van der Waals surface area contributed by atoms with Gasteiger partial charge in [-0.1, -0.05) is 47.2 Å². The minimum absolute atomic E-state index is 0.972. The van der Waals surface area contributed by atoms with Crippen molar-refractivity contribution in [1.82, 2.24) is 0 Å². The van der Waals surface area contributed by atoms with Gasteiger partial charge in [0.05, 0.1) is 23.2 Å². The molecule has 2 aliphatic heterocycles. The number of anilines is 1. The Balaban J connectivity index is 1.37. The van der Waals surface area contributed by atoms with Crippen LogP contribution in [0.15, 0.2) is 92.4 Å². The van der Waals surface area contributed by atoms with Crippen LogP contribution in [0.3, 0.4) is 0 Å². The Kier molecular flexibility index (Phi) is 6.78. The third-order valence-electron chi connectivity index (χ3n) is 7.31. The summed E-state index contributed by atoms with van der Waals surface area (Å²) >= 11 is 3.35. The summed E-state index contributed by atoms with van der Waals surface area (Å²) in [5.41, 5.74) is 10.8. The topological polar surface area (TPSA) is 16.4 Å². The normalized spacial score (nSPS) is 19.0. The Morgan fingerprint density at radius 3 is 2.84 bits per heavy atom. The highest BCUT2D eigenvalue weighted by molar-refractivity contribution is 8.03. The van der Waals surface area contributed by atoms with Gasteiger partial charge in [0.2, 0.25) is 5.52 Å². The molecule has 0 unspecified atom stereocenters. The van der Waals surface area contributed by atoms with E-state index in [9.17, 15) is 0 Å². The molecular formula is C32H33N2OS2+. The van der Waals surface area contributed by atoms with Crippen LogP contribution in [-0.4, -0.2) is 13.7 Å². The van der Waals surface area contributed by atoms with Gasteiger partial charge in [-0.2, -0.15) is 4.57 Å². The second-order valence-electron chi connectivity index (χ2n) is 10.1. The molecular weight excluding hydrogens is 492 g/mol. The van der Waals surface area contributed by atoms with Crippen molar-refractivity contribution < 1.29 is 8.75 Å². The van der Waals surface area contributed by atoms with E-state index in [1.807, 2.05) is 11.8 Å². The molecule has 3 aromatic rings. The number of allylic oxidation sites excluding steroid dienone is 6. The van der Waals surface area contributed by atoms with Gasteiger partial charge in [-0.05, 0) is 86.6 Å². The second kappa shape index (κ2) is 10.2. The van der Waals surface area contributed by atoms with Crippen molar-refractivity contribution in [3.63, 3.8) is 0 Å². The number of pyridine rings is 1. The Hall–Kier alpha value is -2.73. The predicted octanol–water partition coefficient (Wildman–Crippen LogP) is 8.17. The van der Waals surface area contributed by atoms with Crippen LogP contribution in [0.2, 0.25) is 0 Å². The van der Waals surface area contributed by atoms with E-state index in [1.165, 1.54) is 83.3 Å². The van der Waals surface area contributed by atoms with Crippen LogP contribution >= 0.6 is 23.8 Å². The van der Waals surface area contributed by atoms with Gasteiger partial charge in [-0.3, -0.25) is 0 Å². The van der Waals surface area contributed by atoms with Crippen molar-refractivity contribution in [2.24, 2.45) is 0 Å². The molecule has 3 nitrogen and oxygen atoms in total. The van der Waals surface area contributed by atoms with E-state index >= 15 is 0 Å². The quantitative estimate of drug-likeness (QED) is 0.247. The predicted molar refractivity (Wildman–Crippen MR) is 158 cm³/mol. The maximum absolute atomic E-state index is 5.35. The summed E-state index contributed by atoms with van der Waals surface area (Å²) in [5, 5.41) is 2.65. The molecule has 1 aromatic heterocycles. The monoisotopic (exact) mass is 525 g/mol. The molecule has 0 atom stereocenters. The fraction of sp³-hybridized carbons (Fsp3) is 0.281. The number of fused-ring (bicyclic) bond motifs is 1. The van der Waals surface area contributed by atoms with Crippen molar-refractivity contribution in [1.29, 1.82) is 0 Å². The SMILES string of the molecule is CC[n+]1ccc(/C=C2C=C(/C=C3\Sc4cc(SOC)cc5c4N3CCC5)C=C(C)C/2)c2cc(C)ccc21. The molecule has 188 valence electrons. The first-order valence-electron chi connectivity index (χ1n) is 13.1. The molecule has 0 radical (unpaired) electrons. The van der Waals surface area contributed by atoms with Crippen molar-refractivity contribution >= 4 is 46.5 Å². The molecule has 0 amide bonds. The summed E-state index contributed by atoms with van der Waals surface area (Å²) in [6.07, 6.45) is 15.0. The van der Waals surface area contributed by atoms with E-state index < -0.39 is 0 Å². The Morgan fingerprint density at radius 2 is 2.00 bits per heavy atom. The first-order chi connectivity index (χ1) is 18.0. The van der Waals surface area contributed by atoms with Crippen LogP contribution in [0.25, 0.3) is 17.0 Å². The molecule has 5 heteroatoms. The lowest BCUT2D eigenvalue weighted by molar-refractivity contribution is -0.667. The van der Waals surface area contributed by atoms with E-state index in [1.54, 1.807) is 7.11 Å². The van der Waals surface area contributed by atoms with Gasteiger partial charge in [-0.25, -0.2) is 0 Å². The summed E-state index contributed by atoms with van der Waals surface area (Å²) in [7, 11) is 1.74. The molecule has 0 spiro atoms. The lowest BCUT2D eigenvalue weighted by Crippen LogP contribution is -2.32. The number of aromatic nitrogens is 1. The first kappa shape index (κ1) is 24.6. The number of rotatable bonds is 5. The summed E-state index contributed by atoms with van der Waals surface area (Å²) in [4.78, 5) is 5.07. The molecule has 6 rings (SSSR count). The minimum atomic E-state index is 0.972. The van der Waals surface area contributed by atoms with Crippen molar-refractivity contribution in [2.75, 3.05) is 18.6 Å². The van der Waals surface area contributed by atoms with Crippen LogP contribution in [0.5, 0.6) is 0 Å². The maximum Gasteiger partial charge on any atom is 0.213 e. The Morgan fingerprint density at radius 1 is 1.11 bits per heavy atom. The molecule has 0 bridgehead atoms. The van der Waals surface area contributed by atoms with Crippen LogP contribution in [0, 0.1) is 6.92 Å². The van der Waals surface area contributed by atoms with Gasteiger partial charge in [0.15, 0.2) is 6.20 Å². The molecule has 0 saturated heterocycles. The van der Waals surface area contributed by atoms with Gasteiger partial charge in [-0.15, -0.1) is 0 Å². The number of nitrogens with zero attached hydrogens (tertiary/aromatic N) is 2. The second-order valence-corrected chi connectivity index (χ2v) is 12.2. The fourth-order valence-corrected chi connectivity index (χ4v) is 7.61. The van der Waals surface area contributed by atoms with E-state index in [2.05, 4.69) is 97.1 Å². The zero-order valence-electron chi connectivity index (χ0n) is 22.0. The van der Waals surface area contributed by atoms with Crippen molar-refractivity contribution in [2.45, 2.75) is 56.4 Å². The van der Waals surface area contributed by atoms with Gasteiger partial charge in [0, 0.05) is 40.5 Å². The van der Waals surface area contributed by atoms with Gasteiger partial charge >= 0.3 is 0 Å². The molecule has 0 saturated carbocycles. The smallest absolute Gasteiger partial charge is 0.213 e. The summed E-state index contributed by atoms with van der Waals surface area (Å²) in [6.45, 7) is 8.69. The average Bonchev–Trinajstić information content (AvgIpc) is 3.22. The van der Waals surface area contributed by atoms with E-state index in [0.29, 0.717) is 0 Å². The van der Waals surface area contributed by atoms with Gasteiger partial charge in [0.1, 0.15) is 6.54 Å². The average molecular weight is 526 g/mol. The number of hydrogen-bond acceptors (Lipinski definition) is 4. The standard InChI is InChI=1S/C32H33N2OS2/c1-5-33-12-10-25(28-15-21(2)8-9-29(28)33)17-23-13-22(3)14-24(16-23)18-31-34-11-6-7-26-19-27(37-35-4)20-30(36-31)32(26)34/h8-10,12,14-20H,5-7,11,13H2,1-4H3/q+1. The van der Waals surface area contributed by atoms with Crippen LogP contribution < -0.4 is 9.47 Å². The first-order valence-corrected chi connectivity index (χ1v) is 14.6. The van der Waals surface area contributed by atoms with Gasteiger partial charge < -0.3 is 9.08 Å². The number of benzene rings is 2. The molecule has 0 N–H and O–H groups in total. The number of thioether (sulfide) groups is 1. The highest BCUT2D eigenvalue weighted by atomic mass is 32.2. The highest BCUT2D eigenvalue weighted by Gasteiger charge is 2.31. The van der Waals surface area contributed by atoms with Crippen LogP contribution in [0.4, 0.5) is 5.69 Å². The van der Waals surface area contributed by atoms with Crippen molar-refractivity contribution in [3.8, 4) is 0 Å². The largest absolute Gasteiger partial charge is 0.335 e. The Labute approximate surface area is 228 Å². The third kappa shape index (κ3) is 4.81. The van der Waals surface area contributed by atoms with E-state index in [4.69, 9.17) is 4.18 Å². The molecule has 2 aromatic carbocycles. The lowest BCUT2D eigenvalue weighted by Gasteiger charge is -2.28. The summed E-state index contributed by atoms with van der Waals surface area (Å²) < 4.78 is 7.68. The van der Waals surface area contributed by atoms with E-state index in [-0.39, 0.29) is 0 Å². The lowest BCUT2D eigenvalue weighted by atomic mass is 9.93. The number of aryl methyl sites for hydroxylation is 3. The molecule has 1 aliphatic carbocycles. The molecule has 3 heterocycles. The number of hydrogen-bond donors (Lipinski definition) is 0. The van der Waals surface area contributed by atoms with Crippen LogP contribution in [-0.2, 0) is 17.1 Å². The van der Waals surface area contributed by atoms with Crippen molar-refractivity contribution in [3.05, 3.63) is 99.3 Å². The van der Waals surface area contributed by atoms with Gasteiger partial charge in [0.25, 0.3) is 0 Å².